The predicted molar refractivity (Wildman–Crippen MR) is 64.5 cm³/mol. The summed E-state index contributed by atoms with van der Waals surface area (Å²) < 4.78 is 0. The molecule has 1 aromatic carbocycles. The summed E-state index contributed by atoms with van der Waals surface area (Å²) in [4.78, 5) is 0. The monoisotopic (exact) mass is 220 g/mol. The highest BCUT2D eigenvalue weighted by molar-refractivity contribution is 5.45. The fourth-order valence-corrected chi connectivity index (χ4v) is 2.44. The van der Waals surface area contributed by atoms with Crippen LogP contribution in [-0.4, -0.2) is 10.2 Å². The highest BCUT2D eigenvalue weighted by Gasteiger charge is 2.43. The molecule has 2 heteroatoms. The van der Waals surface area contributed by atoms with Gasteiger partial charge in [-0.2, -0.15) is 0 Å². The first-order valence-corrected chi connectivity index (χ1v) is 5.99. The van der Waals surface area contributed by atoms with Gasteiger partial charge in [0.15, 0.2) is 0 Å². The molecule has 0 bridgehead atoms. The standard InChI is InChI=1S/C14H20O2/c1-9(2)11-5-4-6-12(15)13(11)14(3,16)10-7-8-10/h4-6,9-10,15-16H,7-8H2,1-3H3. The molecule has 2 N–H and O–H groups in total. The lowest BCUT2D eigenvalue weighted by Gasteiger charge is -2.28. The molecule has 1 unspecified atom stereocenters. The van der Waals surface area contributed by atoms with Crippen LogP contribution in [0, 0.1) is 5.92 Å². The van der Waals surface area contributed by atoms with Gasteiger partial charge in [-0.3, -0.25) is 0 Å². The molecule has 0 radical (unpaired) electrons. The van der Waals surface area contributed by atoms with E-state index in [2.05, 4.69) is 13.8 Å². The van der Waals surface area contributed by atoms with Gasteiger partial charge in [0.2, 0.25) is 0 Å². The fourth-order valence-electron chi connectivity index (χ4n) is 2.44. The van der Waals surface area contributed by atoms with E-state index in [-0.39, 0.29) is 5.75 Å². The summed E-state index contributed by atoms with van der Waals surface area (Å²) in [6.07, 6.45) is 2.11. The maximum atomic E-state index is 10.6. The smallest absolute Gasteiger partial charge is 0.121 e. The predicted octanol–water partition coefficient (Wildman–Crippen LogP) is 3.13. The first-order valence-electron chi connectivity index (χ1n) is 5.99. The maximum Gasteiger partial charge on any atom is 0.121 e. The number of rotatable bonds is 3. The third-order valence-corrected chi connectivity index (χ3v) is 3.58. The van der Waals surface area contributed by atoms with E-state index >= 15 is 0 Å². The van der Waals surface area contributed by atoms with Gasteiger partial charge in [-0.25, -0.2) is 0 Å². The SMILES string of the molecule is CC(C)c1cccc(O)c1C(C)(O)C1CC1. The van der Waals surface area contributed by atoms with Crippen LogP contribution in [0.2, 0.25) is 0 Å². The molecule has 0 amide bonds. The van der Waals surface area contributed by atoms with Crippen molar-refractivity contribution in [2.24, 2.45) is 5.92 Å². The Kier molecular flexibility index (Phi) is 2.70. The van der Waals surface area contributed by atoms with Crippen molar-refractivity contribution >= 4 is 0 Å². The van der Waals surface area contributed by atoms with E-state index < -0.39 is 5.60 Å². The van der Waals surface area contributed by atoms with E-state index in [0.29, 0.717) is 11.8 Å². The van der Waals surface area contributed by atoms with Crippen molar-refractivity contribution in [3.8, 4) is 5.75 Å². The van der Waals surface area contributed by atoms with E-state index in [9.17, 15) is 10.2 Å². The number of hydrogen-bond donors (Lipinski definition) is 2. The first-order chi connectivity index (χ1) is 7.44. The third-order valence-electron chi connectivity index (χ3n) is 3.58. The molecule has 1 aliphatic carbocycles. The molecule has 0 saturated heterocycles. The van der Waals surface area contributed by atoms with Crippen molar-refractivity contribution in [1.82, 2.24) is 0 Å². The largest absolute Gasteiger partial charge is 0.508 e. The Morgan fingerprint density at radius 3 is 2.44 bits per heavy atom. The first kappa shape index (κ1) is 11.5. The van der Waals surface area contributed by atoms with Gasteiger partial charge in [-0.05, 0) is 43.2 Å². The summed E-state index contributed by atoms with van der Waals surface area (Å²) in [7, 11) is 0. The number of hydrogen-bond acceptors (Lipinski definition) is 2. The molecule has 2 rings (SSSR count). The second-order valence-electron chi connectivity index (χ2n) is 5.32. The summed E-state index contributed by atoms with van der Waals surface area (Å²) in [5.74, 6) is 0.841. The summed E-state index contributed by atoms with van der Waals surface area (Å²) in [5.41, 5.74) is 0.898. The van der Waals surface area contributed by atoms with Crippen molar-refractivity contribution in [3.63, 3.8) is 0 Å². The molecule has 1 saturated carbocycles. The van der Waals surface area contributed by atoms with Crippen molar-refractivity contribution in [1.29, 1.82) is 0 Å². The zero-order valence-electron chi connectivity index (χ0n) is 10.2. The molecule has 1 fully saturated rings. The van der Waals surface area contributed by atoms with Gasteiger partial charge in [0.05, 0.1) is 5.60 Å². The molecule has 0 spiro atoms. The molecule has 0 aliphatic heterocycles. The Hall–Kier alpha value is -1.02. The second-order valence-corrected chi connectivity index (χ2v) is 5.32. The van der Waals surface area contributed by atoms with Gasteiger partial charge >= 0.3 is 0 Å². The minimum absolute atomic E-state index is 0.225. The zero-order valence-corrected chi connectivity index (χ0v) is 10.2. The topological polar surface area (TPSA) is 40.5 Å². The Bertz CT molecular complexity index is 390. The summed E-state index contributed by atoms with van der Waals surface area (Å²) >= 11 is 0. The van der Waals surface area contributed by atoms with Crippen molar-refractivity contribution in [2.75, 3.05) is 0 Å². The van der Waals surface area contributed by atoms with Gasteiger partial charge in [-0.15, -0.1) is 0 Å². The van der Waals surface area contributed by atoms with Crippen LogP contribution in [0.3, 0.4) is 0 Å². The van der Waals surface area contributed by atoms with E-state index in [1.165, 1.54) is 0 Å². The Labute approximate surface area is 96.9 Å². The Balaban J connectivity index is 2.52. The number of phenolic OH excluding ortho intramolecular Hbond substituents is 1. The molecule has 0 aromatic heterocycles. The molecular weight excluding hydrogens is 200 g/mol. The number of phenols is 1. The van der Waals surface area contributed by atoms with Crippen LogP contribution >= 0.6 is 0 Å². The van der Waals surface area contributed by atoms with Crippen LogP contribution in [0.4, 0.5) is 0 Å². The van der Waals surface area contributed by atoms with Gasteiger partial charge in [-0.1, -0.05) is 26.0 Å². The number of aromatic hydroxyl groups is 1. The van der Waals surface area contributed by atoms with Crippen LogP contribution in [0.25, 0.3) is 0 Å². The molecular formula is C14H20O2. The molecule has 2 nitrogen and oxygen atoms in total. The van der Waals surface area contributed by atoms with E-state index in [1.807, 2.05) is 19.1 Å². The van der Waals surface area contributed by atoms with Crippen LogP contribution in [-0.2, 0) is 5.60 Å². The average molecular weight is 220 g/mol. The molecule has 1 aliphatic rings. The quantitative estimate of drug-likeness (QED) is 0.821. The van der Waals surface area contributed by atoms with E-state index in [0.717, 1.165) is 24.0 Å². The minimum atomic E-state index is -0.884. The highest BCUT2D eigenvalue weighted by atomic mass is 16.3. The highest BCUT2D eigenvalue weighted by Crippen LogP contribution is 2.49. The van der Waals surface area contributed by atoms with E-state index in [1.54, 1.807) is 6.07 Å². The fraction of sp³-hybridized carbons (Fsp3) is 0.571. The summed E-state index contributed by atoms with van der Waals surface area (Å²) in [5, 5.41) is 20.6. The number of aliphatic hydroxyl groups is 1. The summed E-state index contributed by atoms with van der Waals surface area (Å²) in [6, 6.07) is 5.51. The van der Waals surface area contributed by atoms with Gasteiger partial charge in [0, 0.05) is 5.56 Å². The normalized spacial score (nSPS) is 19.8. The second kappa shape index (κ2) is 3.77. The van der Waals surface area contributed by atoms with Crippen molar-refractivity contribution < 1.29 is 10.2 Å². The minimum Gasteiger partial charge on any atom is -0.508 e. The lowest BCUT2D eigenvalue weighted by atomic mass is 9.83. The van der Waals surface area contributed by atoms with Crippen LogP contribution in [0.5, 0.6) is 5.75 Å². The molecule has 1 atom stereocenters. The molecule has 16 heavy (non-hydrogen) atoms. The van der Waals surface area contributed by atoms with Crippen LogP contribution in [0.1, 0.15) is 50.7 Å². The molecule has 1 aromatic rings. The van der Waals surface area contributed by atoms with Gasteiger partial charge in [0.1, 0.15) is 5.75 Å². The number of benzene rings is 1. The Morgan fingerprint density at radius 1 is 1.31 bits per heavy atom. The lowest BCUT2D eigenvalue weighted by molar-refractivity contribution is 0.0296. The van der Waals surface area contributed by atoms with Crippen molar-refractivity contribution in [2.45, 2.75) is 45.1 Å². The van der Waals surface area contributed by atoms with Crippen LogP contribution < -0.4 is 0 Å². The molecule has 88 valence electrons. The maximum absolute atomic E-state index is 10.6. The molecule has 0 heterocycles. The third kappa shape index (κ3) is 1.82. The van der Waals surface area contributed by atoms with Gasteiger partial charge in [0.25, 0.3) is 0 Å². The Morgan fingerprint density at radius 2 is 1.94 bits per heavy atom. The van der Waals surface area contributed by atoms with Crippen LogP contribution in [0.15, 0.2) is 18.2 Å². The van der Waals surface area contributed by atoms with Gasteiger partial charge < -0.3 is 10.2 Å². The van der Waals surface area contributed by atoms with Crippen molar-refractivity contribution in [3.05, 3.63) is 29.3 Å². The van der Waals surface area contributed by atoms with E-state index in [4.69, 9.17) is 0 Å². The lowest BCUT2D eigenvalue weighted by Crippen LogP contribution is -2.26. The summed E-state index contributed by atoms with van der Waals surface area (Å²) in [6.45, 7) is 5.99. The zero-order chi connectivity index (χ0) is 11.9. The average Bonchev–Trinajstić information content (AvgIpc) is 2.99.